The molecular formula is C14H16O2S. The van der Waals surface area contributed by atoms with Crippen LogP contribution in [0, 0.1) is 0 Å². The van der Waals surface area contributed by atoms with Gasteiger partial charge in [0, 0.05) is 5.75 Å². The summed E-state index contributed by atoms with van der Waals surface area (Å²) in [5, 5.41) is 2.32. The van der Waals surface area contributed by atoms with Crippen LogP contribution in [-0.4, -0.2) is 19.9 Å². The minimum Gasteiger partial charge on any atom is -0.229 e. The van der Waals surface area contributed by atoms with E-state index >= 15 is 0 Å². The number of hydrogen-bond acceptors (Lipinski definition) is 2. The average Bonchev–Trinajstić information content (AvgIpc) is 2.36. The van der Waals surface area contributed by atoms with Gasteiger partial charge in [-0.05, 0) is 22.8 Å². The Labute approximate surface area is 102 Å². The Hall–Kier alpha value is -1.35. The minimum atomic E-state index is -2.89. The third-order valence-electron chi connectivity index (χ3n) is 3.00. The van der Waals surface area contributed by atoms with E-state index in [0.29, 0.717) is 6.42 Å². The molecule has 0 radical (unpaired) electrons. The molecule has 0 atom stereocenters. The summed E-state index contributed by atoms with van der Waals surface area (Å²) in [4.78, 5) is 0. The molecule has 2 rings (SSSR count). The summed E-state index contributed by atoms with van der Waals surface area (Å²) >= 11 is 0. The van der Waals surface area contributed by atoms with E-state index in [4.69, 9.17) is 0 Å². The monoisotopic (exact) mass is 248 g/mol. The minimum absolute atomic E-state index is 0.220. The zero-order valence-electron chi connectivity index (χ0n) is 9.89. The molecule has 0 aliphatic rings. The van der Waals surface area contributed by atoms with Crippen molar-refractivity contribution in [3.63, 3.8) is 0 Å². The van der Waals surface area contributed by atoms with Crippen LogP contribution in [0.2, 0.25) is 0 Å². The predicted molar refractivity (Wildman–Crippen MR) is 72.0 cm³/mol. The van der Waals surface area contributed by atoms with Crippen molar-refractivity contribution in [2.75, 3.05) is 11.5 Å². The number of fused-ring (bicyclic) bond motifs is 1. The molecule has 0 bridgehead atoms. The zero-order chi connectivity index (χ0) is 12.3. The molecule has 0 amide bonds. The molecule has 0 spiro atoms. The van der Waals surface area contributed by atoms with E-state index in [9.17, 15) is 8.42 Å². The lowest BCUT2D eigenvalue weighted by Gasteiger charge is -2.06. The quantitative estimate of drug-likeness (QED) is 0.833. The molecule has 0 aromatic heterocycles. The molecule has 2 aromatic rings. The standard InChI is InChI=1S/C14H16O2S/c1-2-17(15,16)11-10-13-8-5-7-12-6-3-4-9-14(12)13/h3-9H,2,10-11H2,1H3. The molecular weight excluding hydrogens is 232 g/mol. The van der Waals surface area contributed by atoms with Crippen LogP contribution in [0.15, 0.2) is 42.5 Å². The van der Waals surface area contributed by atoms with Crippen LogP contribution in [0.25, 0.3) is 10.8 Å². The third-order valence-corrected chi connectivity index (χ3v) is 4.71. The molecule has 90 valence electrons. The topological polar surface area (TPSA) is 34.1 Å². The van der Waals surface area contributed by atoms with Gasteiger partial charge in [-0.3, -0.25) is 0 Å². The first-order valence-corrected chi connectivity index (χ1v) is 7.61. The molecule has 3 heteroatoms. The van der Waals surface area contributed by atoms with Gasteiger partial charge in [-0.2, -0.15) is 0 Å². The van der Waals surface area contributed by atoms with Gasteiger partial charge in [-0.1, -0.05) is 49.4 Å². The van der Waals surface area contributed by atoms with Crippen molar-refractivity contribution >= 4 is 20.6 Å². The summed E-state index contributed by atoms with van der Waals surface area (Å²) in [6.07, 6.45) is 0.595. The van der Waals surface area contributed by atoms with E-state index in [-0.39, 0.29) is 11.5 Å². The maximum absolute atomic E-state index is 11.5. The van der Waals surface area contributed by atoms with Crippen molar-refractivity contribution in [2.24, 2.45) is 0 Å². The van der Waals surface area contributed by atoms with Gasteiger partial charge in [-0.15, -0.1) is 0 Å². The maximum Gasteiger partial charge on any atom is 0.150 e. The first-order chi connectivity index (χ1) is 8.12. The average molecular weight is 248 g/mol. The van der Waals surface area contributed by atoms with E-state index < -0.39 is 9.84 Å². The highest BCUT2D eigenvalue weighted by Crippen LogP contribution is 2.19. The summed E-state index contributed by atoms with van der Waals surface area (Å²) < 4.78 is 23.0. The third kappa shape index (κ3) is 2.86. The second-order valence-corrected chi connectivity index (χ2v) is 6.60. The van der Waals surface area contributed by atoms with Crippen LogP contribution in [0.5, 0.6) is 0 Å². The molecule has 0 N–H and O–H groups in total. The summed E-state index contributed by atoms with van der Waals surface area (Å²) in [7, 11) is -2.89. The summed E-state index contributed by atoms with van der Waals surface area (Å²) in [6, 6.07) is 14.1. The number of rotatable bonds is 4. The second kappa shape index (κ2) is 4.88. The van der Waals surface area contributed by atoms with Crippen LogP contribution in [-0.2, 0) is 16.3 Å². The smallest absolute Gasteiger partial charge is 0.150 e. The summed E-state index contributed by atoms with van der Waals surface area (Å²) in [5.41, 5.74) is 1.11. The Morgan fingerprint density at radius 1 is 1.00 bits per heavy atom. The van der Waals surface area contributed by atoms with E-state index in [0.717, 1.165) is 10.9 Å². The maximum atomic E-state index is 11.5. The molecule has 0 unspecified atom stereocenters. The van der Waals surface area contributed by atoms with Gasteiger partial charge in [0.15, 0.2) is 0 Å². The molecule has 0 heterocycles. The zero-order valence-corrected chi connectivity index (χ0v) is 10.7. The fourth-order valence-electron chi connectivity index (χ4n) is 1.92. The highest BCUT2D eigenvalue weighted by Gasteiger charge is 2.08. The van der Waals surface area contributed by atoms with Gasteiger partial charge in [0.1, 0.15) is 9.84 Å². The predicted octanol–water partition coefficient (Wildman–Crippen LogP) is 2.82. The highest BCUT2D eigenvalue weighted by molar-refractivity contribution is 7.91. The lowest BCUT2D eigenvalue weighted by molar-refractivity contribution is 0.596. The number of benzene rings is 2. The number of aryl methyl sites for hydroxylation is 1. The first kappa shape index (κ1) is 12.1. The Morgan fingerprint density at radius 3 is 2.47 bits per heavy atom. The summed E-state index contributed by atoms with van der Waals surface area (Å²) in [6.45, 7) is 1.69. The second-order valence-electron chi connectivity index (χ2n) is 4.12. The van der Waals surface area contributed by atoms with Crippen LogP contribution in [0.3, 0.4) is 0 Å². The van der Waals surface area contributed by atoms with Gasteiger partial charge >= 0.3 is 0 Å². The van der Waals surface area contributed by atoms with Crippen molar-refractivity contribution < 1.29 is 8.42 Å². The van der Waals surface area contributed by atoms with Crippen LogP contribution in [0.4, 0.5) is 0 Å². The normalized spacial score (nSPS) is 11.8. The van der Waals surface area contributed by atoms with E-state index in [1.165, 1.54) is 5.39 Å². The first-order valence-electron chi connectivity index (χ1n) is 5.79. The van der Waals surface area contributed by atoms with Gasteiger partial charge in [0.05, 0.1) is 5.75 Å². The molecule has 0 aliphatic carbocycles. The lowest BCUT2D eigenvalue weighted by atomic mass is 10.0. The molecule has 0 saturated heterocycles. The van der Waals surface area contributed by atoms with Crippen molar-refractivity contribution in [2.45, 2.75) is 13.3 Å². The van der Waals surface area contributed by atoms with Crippen LogP contribution < -0.4 is 0 Å². The van der Waals surface area contributed by atoms with Crippen molar-refractivity contribution in [1.29, 1.82) is 0 Å². The highest BCUT2D eigenvalue weighted by atomic mass is 32.2. The van der Waals surface area contributed by atoms with Crippen LogP contribution in [0.1, 0.15) is 12.5 Å². The van der Waals surface area contributed by atoms with E-state index in [1.54, 1.807) is 6.92 Å². The molecule has 0 aliphatic heterocycles. The SMILES string of the molecule is CCS(=O)(=O)CCc1cccc2ccccc12. The number of hydrogen-bond donors (Lipinski definition) is 0. The van der Waals surface area contributed by atoms with Gasteiger partial charge < -0.3 is 0 Å². The fourth-order valence-corrected chi connectivity index (χ4v) is 2.74. The Bertz CT molecular complexity index is 610. The Morgan fingerprint density at radius 2 is 1.71 bits per heavy atom. The Kier molecular flexibility index (Phi) is 3.48. The van der Waals surface area contributed by atoms with E-state index in [2.05, 4.69) is 0 Å². The Balaban J connectivity index is 2.31. The van der Waals surface area contributed by atoms with Gasteiger partial charge in [-0.25, -0.2) is 8.42 Å². The van der Waals surface area contributed by atoms with Crippen molar-refractivity contribution in [3.8, 4) is 0 Å². The molecule has 0 fully saturated rings. The fraction of sp³-hybridized carbons (Fsp3) is 0.286. The number of sulfone groups is 1. The largest absolute Gasteiger partial charge is 0.229 e. The molecule has 2 aromatic carbocycles. The van der Waals surface area contributed by atoms with Gasteiger partial charge in [0.25, 0.3) is 0 Å². The van der Waals surface area contributed by atoms with Crippen molar-refractivity contribution in [1.82, 2.24) is 0 Å². The molecule has 17 heavy (non-hydrogen) atoms. The van der Waals surface area contributed by atoms with Gasteiger partial charge in [0.2, 0.25) is 0 Å². The van der Waals surface area contributed by atoms with E-state index in [1.807, 2.05) is 42.5 Å². The molecule has 0 saturated carbocycles. The summed E-state index contributed by atoms with van der Waals surface area (Å²) in [5.74, 6) is 0.454. The van der Waals surface area contributed by atoms with Crippen LogP contribution >= 0.6 is 0 Å². The lowest BCUT2D eigenvalue weighted by Crippen LogP contribution is -2.10. The van der Waals surface area contributed by atoms with Crippen molar-refractivity contribution in [3.05, 3.63) is 48.0 Å². The molecule has 2 nitrogen and oxygen atoms in total.